The number of nitrogens with one attached hydrogen (secondary N) is 1. The molecule has 2 heterocycles. The molecule has 0 radical (unpaired) electrons. The van der Waals surface area contributed by atoms with Crippen LogP contribution in [0, 0.1) is 11.3 Å². The first-order valence-corrected chi connectivity index (χ1v) is 8.94. The predicted octanol–water partition coefficient (Wildman–Crippen LogP) is 3.10. The summed E-state index contributed by atoms with van der Waals surface area (Å²) in [5, 5.41) is 12.3. The van der Waals surface area contributed by atoms with Crippen LogP contribution in [0.15, 0.2) is 11.3 Å². The van der Waals surface area contributed by atoms with Gasteiger partial charge >= 0.3 is 0 Å². The van der Waals surface area contributed by atoms with Crippen LogP contribution >= 0.6 is 12.2 Å². The van der Waals surface area contributed by atoms with Gasteiger partial charge in [-0.25, -0.2) is 0 Å². The molecule has 22 heavy (non-hydrogen) atoms. The Morgan fingerprint density at radius 2 is 1.50 bits per heavy atom. The van der Waals surface area contributed by atoms with E-state index in [4.69, 9.17) is 23.2 Å². The van der Waals surface area contributed by atoms with Crippen LogP contribution < -0.4 is 11.1 Å². The van der Waals surface area contributed by atoms with Crippen LogP contribution in [-0.2, 0) is 0 Å². The van der Waals surface area contributed by atoms with Gasteiger partial charge in [0, 0.05) is 18.8 Å². The molecule has 0 amide bonds. The van der Waals surface area contributed by atoms with Gasteiger partial charge in [0.2, 0.25) is 0 Å². The molecule has 5 heteroatoms. The van der Waals surface area contributed by atoms with E-state index in [1.165, 1.54) is 64.5 Å². The van der Waals surface area contributed by atoms with E-state index in [0.717, 1.165) is 18.8 Å². The smallest absolute Gasteiger partial charge is 0.116 e. The van der Waals surface area contributed by atoms with Crippen LogP contribution in [0.5, 0.6) is 0 Å². The highest BCUT2D eigenvalue weighted by molar-refractivity contribution is 7.80. The highest BCUT2D eigenvalue weighted by Gasteiger charge is 2.14. The summed E-state index contributed by atoms with van der Waals surface area (Å²) in [6.07, 6.45) is 10.6. The fourth-order valence-electron chi connectivity index (χ4n) is 2.86. The Labute approximate surface area is 140 Å². The molecule has 0 aromatic heterocycles. The van der Waals surface area contributed by atoms with E-state index in [9.17, 15) is 0 Å². The van der Waals surface area contributed by atoms with E-state index < -0.39 is 0 Å². The third-order valence-corrected chi connectivity index (χ3v) is 4.46. The van der Waals surface area contributed by atoms with Gasteiger partial charge in [0.1, 0.15) is 16.6 Å². The average molecular weight is 323 g/mol. The number of hydrogen-bond donors (Lipinski definition) is 2. The molecule has 0 aromatic carbocycles. The largest absolute Gasteiger partial charge is 0.389 e. The van der Waals surface area contributed by atoms with Crippen molar-refractivity contribution < 1.29 is 0 Å². The molecule has 2 saturated heterocycles. The van der Waals surface area contributed by atoms with Crippen LogP contribution in [0.25, 0.3) is 0 Å². The Kier molecular flexibility index (Phi) is 9.85. The zero-order valence-corrected chi connectivity index (χ0v) is 14.7. The van der Waals surface area contributed by atoms with Crippen LogP contribution in [0.1, 0.15) is 58.3 Å². The van der Waals surface area contributed by atoms with E-state index in [2.05, 4.69) is 16.3 Å². The molecule has 2 aliphatic heterocycles. The van der Waals surface area contributed by atoms with Crippen LogP contribution in [0.3, 0.4) is 0 Å². The topological polar surface area (TPSA) is 65.1 Å². The van der Waals surface area contributed by atoms with Gasteiger partial charge in [0.05, 0.1) is 0 Å². The van der Waals surface area contributed by atoms with Gasteiger partial charge in [0.15, 0.2) is 0 Å². The van der Waals surface area contributed by atoms with Crippen molar-refractivity contribution in [2.45, 2.75) is 58.3 Å². The summed E-state index contributed by atoms with van der Waals surface area (Å²) in [5.41, 5.74) is 6.92. The predicted molar refractivity (Wildman–Crippen MR) is 96.5 cm³/mol. The minimum atomic E-state index is 0.208. The fraction of sp³-hybridized carbons (Fsp3) is 0.765. The molecule has 2 aliphatic rings. The van der Waals surface area contributed by atoms with Crippen LogP contribution in [0.2, 0.25) is 0 Å². The van der Waals surface area contributed by atoms with E-state index in [0.29, 0.717) is 5.57 Å². The minimum Gasteiger partial charge on any atom is -0.389 e. The fourth-order valence-corrected chi connectivity index (χ4v) is 3.05. The Morgan fingerprint density at radius 3 is 1.95 bits per heavy atom. The van der Waals surface area contributed by atoms with Crippen LogP contribution in [-0.4, -0.2) is 36.1 Å². The van der Waals surface area contributed by atoms with Gasteiger partial charge in [0.25, 0.3) is 0 Å². The van der Waals surface area contributed by atoms with E-state index in [1.54, 1.807) is 0 Å². The van der Waals surface area contributed by atoms with E-state index in [1.807, 2.05) is 6.92 Å². The molecular weight excluding hydrogens is 292 g/mol. The molecule has 4 nitrogen and oxygen atoms in total. The Morgan fingerprint density at radius 1 is 1.00 bits per heavy atom. The summed E-state index contributed by atoms with van der Waals surface area (Å²) in [6, 6.07) is 2.09. The second kappa shape index (κ2) is 11.4. The first kappa shape index (κ1) is 18.9. The van der Waals surface area contributed by atoms with Crippen molar-refractivity contribution in [1.29, 1.82) is 5.26 Å². The van der Waals surface area contributed by atoms with Crippen molar-refractivity contribution in [3.63, 3.8) is 0 Å². The lowest BCUT2D eigenvalue weighted by molar-refractivity contribution is 0.358. The zero-order chi connectivity index (χ0) is 16.2. The molecule has 0 bridgehead atoms. The maximum atomic E-state index is 8.97. The second-order valence-electron chi connectivity index (χ2n) is 6.00. The molecule has 124 valence electrons. The van der Waals surface area contributed by atoms with E-state index in [-0.39, 0.29) is 4.99 Å². The lowest BCUT2D eigenvalue weighted by atomic mass is 10.2. The Hall–Kier alpha value is -1.12. The van der Waals surface area contributed by atoms with Crippen molar-refractivity contribution in [2.75, 3.05) is 26.2 Å². The van der Waals surface area contributed by atoms with Crippen molar-refractivity contribution in [3.8, 4) is 6.07 Å². The first-order chi connectivity index (χ1) is 10.7. The van der Waals surface area contributed by atoms with Gasteiger partial charge in [-0.1, -0.05) is 37.9 Å². The number of rotatable bonds is 2. The maximum Gasteiger partial charge on any atom is 0.116 e. The van der Waals surface area contributed by atoms with Crippen molar-refractivity contribution in [1.82, 2.24) is 10.2 Å². The lowest BCUT2D eigenvalue weighted by Crippen LogP contribution is -2.26. The number of allylic oxidation sites excluding steroid dienone is 1. The lowest BCUT2D eigenvalue weighted by Gasteiger charge is -2.24. The maximum absolute atomic E-state index is 8.97. The summed E-state index contributed by atoms with van der Waals surface area (Å²) in [7, 11) is 0. The highest BCUT2D eigenvalue weighted by Crippen LogP contribution is 2.17. The normalized spacial score (nSPS) is 20.5. The summed E-state index contributed by atoms with van der Waals surface area (Å²) < 4.78 is 0. The molecule has 2 rings (SSSR count). The molecule has 0 unspecified atom stereocenters. The number of nitriles is 1. The first-order valence-electron chi connectivity index (χ1n) is 8.53. The number of thiocarbonyl (C=S) groups is 1. The summed E-state index contributed by atoms with van der Waals surface area (Å²) in [4.78, 5) is 2.43. The zero-order valence-electron chi connectivity index (χ0n) is 13.9. The van der Waals surface area contributed by atoms with Gasteiger partial charge in [-0.15, -0.1) is 0 Å². The van der Waals surface area contributed by atoms with Crippen LogP contribution in [0.4, 0.5) is 0 Å². The molecule has 2 fully saturated rings. The van der Waals surface area contributed by atoms with Gasteiger partial charge in [-0.2, -0.15) is 5.26 Å². The monoisotopic (exact) mass is 322 g/mol. The molecule has 0 atom stereocenters. The van der Waals surface area contributed by atoms with Crippen molar-refractivity contribution in [3.05, 3.63) is 11.3 Å². The van der Waals surface area contributed by atoms with Crippen molar-refractivity contribution in [2.24, 2.45) is 5.73 Å². The van der Waals surface area contributed by atoms with Gasteiger partial charge in [-0.05, 0) is 45.7 Å². The molecule has 0 aromatic rings. The number of nitrogens with zero attached hydrogens (tertiary/aromatic N) is 2. The Balaban J connectivity index is 0.000000287. The third kappa shape index (κ3) is 7.24. The number of nitrogens with two attached hydrogens (primary N) is 1. The van der Waals surface area contributed by atoms with E-state index >= 15 is 0 Å². The van der Waals surface area contributed by atoms with Gasteiger partial charge < -0.3 is 16.0 Å². The average Bonchev–Trinajstić information content (AvgIpc) is 2.95. The summed E-state index contributed by atoms with van der Waals surface area (Å²) in [5.74, 6) is 0. The number of hydrogen-bond acceptors (Lipinski definition) is 4. The number of likely N-dealkylation sites (tertiary alicyclic amines) is 1. The SMILES string of the molecule is C/C(=C(\C#N)C(N)=S)N1CCCCCC1.C1CCCNCC1. The molecule has 0 saturated carbocycles. The third-order valence-electron chi connectivity index (χ3n) is 4.26. The standard InChI is InChI=1S/C11H17N3S.C6H13N/c1-9(10(8-12)11(13)15)14-6-4-2-3-5-7-14;1-2-4-6-7-5-3-1/h2-7H2,1H3,(H2,13,15);7H,1-6H2/b10-9-;. The Bertz CT molecular complexity index is 384. The second-order valence-corrected chi connectivity index (χ2v) is 6.44. The minimum absolute atomic E-state index is 0.208. The molecular formula is C17H30N4S. The van der Waals surface area contributed by atoms with Crippen molar-refractivity contribution >= 4 is 17.2 Å². The molecule has 0 aliphatic carbocycles. The molecule has 0 spiro atoms. The highest BCUT2D eigenvalue weighted by atomic mass is 32.1. The summed E-state index contributed by atoms with van der Waals surface area (Å²) >= 11 is 4.87. The van der Waals surface area contributed by atoms with Gasteiger partial charge in [-0.3, -0.25) is 0 Å². The summed E-state index contributed by atoms with van der Waals surface area (Å²) in [6.45, 7) is 6.46. The quantitative estimate of drug-likeness (QED) is 0.464. The molecule has 3 N–H and O–H groups in total.